The highest BCUT2D eigenvalue weighted by atomic mass is 31.1. The van der Waals surface area contributed by atoms with Crippen molar-refractivity contribution in [1.82, 2.24) is 0 Å². The lowest BCUT2D eigenvalue weighted by Crippen LogP contribution is -2.11. The third-order valence-corrected chi connectivity index (χ3v) is 5.29. The fraction of sp³-hybridized carbons (Fsp3) is 1.00. The van der Waals surface area contributed by atoms with Crippen LogP contribution in [0, 0.1) is 0 Å². The minimum atomic E-state index is -2.74. The summed E-state index contributed by atoms with van der Waals surface area (Å²) in [4.78, 5) is 8.47. The zero-order valence-corrected chi connectivity index (χ0v) is 18.5. The van der Waals surface area contributed by atoms with Gasteiger partial charge in [0, 0.05) is 17.6 Å². The highest BCUT2D eigenvalue weighted by Gasteiger charge is 2.19. The van der Waals surface area contributed by atoms with Crippen molar-refractivity contribution in [1.29, 1.82) is 0 Å². The summed E-state index contributed by atoms with van der Waals surface area (Å²) in [5.74, 6) is 0. The maximum absolute atomic E-state index is 10.3. The van der Waals surface area contributed by atoms with Gasteiger partial charge in [-0.25, -0.2) is 0 Å². The van der Waals surface area contributed by atoms with Gasteiger partial charge in [0.25, 0.3) is 0 Å². The largest absolute Gasteiger partial charge is 0.697 e. The van der Waals surface area contributed by atoms with Crippen LogP contribution in [0.2, 0.25) is 0 Å². The van der Waals surface area contributed by atoms with Gasteiger partial charge < -0.3 is 9.84 Å². The molecule has 2 atom stereocenters. The SMILES string of the molecule is CCCCCCCCCCCCCCCCCCOCCC(O)O[P+](=O)O. The summed E-state index contributed by atoms with van der Waals surface area (Å²) >= 11 is 0. The highest BCUT2D eigenvalue weighted by Crippen LogP contribution is 2.18. The molecule has 0 saturated carbocycles. The topological polar surface area (TPSA) is 76.0 Å². The van der Waals surface area contributed by atoms with Crippen molar-refractivity contribution in [2.24, 2.45) is 0 Å². The molecule has 0 aliphatic rings. The third-order valence-electron chi connectivity index (χ3n) is 4.86. The molecule has 0 aliphatic carbocycles. The zero-order chi connectivity index (χ0) is 20.0. The fourth-order valence-corrected chi connectivity index (χ4v) is 3.51. The molecular formula is C21H44O5P+. The number of ether oxygens (including phenoxy) is 1. The van der Waals surface area contributed by atoms with Crippen LogP contribution in [0.25, 0.3) is 0 Å². The van der Waals surface area contributed by atoms with Crippen molar-refractivity contribution >= 4 is 8.25 Å². The average Bonchev–Trinajstić information content (AvgIpc) is 2.63. The lowest BCUT2D eigenvalue weighted by Gasteiger charge is -2.06. The first-order valence-electron chi connectivity index (χ1n) is 11.3. The first-order chi connectivity index (χ1) is 13.2. The summed E-state index contributed by atoms with van der Waals surface area (Å²) in [7, 11) is -2.74. The van der Waals surface area contributed by atoms with Gasteiger partial charge in [-0.1, -0.05) is 108 Å². The fourth-order valence-electron chi connectivity index (χ4n) is 3.20. The van der Waals surface area contributed by atoms with Gasteiger partial charge in [0.05, 0.1) is 6.61 Å². The van der Waals surface area contributed by atoms with Crippen LogP contribution < -0.4 is 0 Å². The second kappa shape index (κ2) is 22.2. The molecular weight excluding hydrogens is 363 g/mol. The summed E-state index contributed by atoms with van der Waals surface area (Å²) in [6, 6.07) is 0. The smallest absolute Gasteiger partial charge is 0.381 e. The number of aliphatic hydroxyl groups excluding tert-OH is 1. The van der Waals surface area contributed by atoms with E-state index in [4.69, 9.17) is 9.63 Å². The summed E-state index contributed by atoms with van der Waals surface area (Å²) in [6.07, 6.45) is 20.6. The van der Waals surface area contributed by atoms with Gasteiger partial charge in [-0.05, 0) is 6.42 Å². The average molecular weight is 408 g/mol. The maximum atomic E-state index is 10.3. The Hall–Kier alpha value is -0.0600. The van der Waals surface area contributed by atoms with Crippen LogP contribution in [0.1, 0.15) is 116 Å². The Morgan fingerprint density at radius 3 is 1.52 bits per heavy atom. The molecule has 2 unspecified atom stereocenters. The number of hydrogen-bond acceptors (Lipinski definition) is 4. The summed E-state index contributed by atoms with van der Waals surface area (Å²) < 4.78 is 20.1. The minimum Gasteiger partial charge on any atom is -0.381 e. The summed E-state index contributed by atoms with van der Waals surface area (Å²) in [5.41, 5.74) is 0. The molecule has 0 heterocycles. The van der Waals surface area contributed by atoms with Crippen LogP contribution in [0.15, 0.2) is 0 Å². The highest BCUT2D eigenvalue weighted by molar-refractivity contribution is 7.32. The standard InChI is InChI=1S/C21H43O5P/c1-2-3-4-5-6-7-8-9-10-11-12-13-14-15-16-17-19-25-20-18-21(22)26-27(23)24/h21-22H,2-20H2,1H3/p+1. The minimum absolute atomic E-state index is 0.223. The normalized spacial score (nSPS) is 13.1. The molecule has 0 amide bonds. The van der Waals surface area contributed by atoms with Gasteiger partial charge in [-0.2, -0.15) is 0 Å². The predicted octanol–water partition coefficient (Wildman–Crippen LogP) is 6.64. The van der Waals surface area contributed by atoms with Crippen molar-refractivity contribution in [3.63, 3.8) is 0 Å². The molecule has 0 radical (unpaired) electrons. The van der Waals surface area contributed by atoms with Crippen LogP contribution in [0.5, 0.6) is 0 Å². The van der Waals surface area contributed by atoms with E-state index < -0.39 is 14.5 Å². The lowest BCUT2D eigenvalue weighted by atomic mass is 10.0. The van der Waals surface area contributed by atoms with E-state index in [0.29, 0.717) is 13.2 Å². The molecule has 0 aromatic rings. The van der Waals surface area contributed by atoms with Crippen molar-refractivity contribution in [3.05, 3.63) is 0 Å². The molecule has 0 bridgehead atoms. The van der Waals surface area contributed by atoms with Crippen LogP contribution in [-0.4, -0.2) is 29.5 Å². The molecule has 0 saturated heterocycles. The molecule has 0 spiro atoms. The van der Waals surface area contributed by atoms with Crippen LogP contribution >= 0.6 is 8.25 Å². The van der Waals surface area contributed by atoms with Gasteiger partial charge in [0.1, 0.15) is 0 Å². The zero-order valence-electron chi connectivity index (χ0n) is 17.6. The molecule has 0 aromatic heterocycles. The van der Waals surface area contributed by atoms with E-state index in [1.54, 1.807) is 0 Å². The van der Waals surface area contributed by atoms with Crippen molar-refractivity contribution in [3.8, 4) is 0 Å². The quantitative estimate of drug-likeness (QED) is 0.119. The van der Waals surface area contributed by atoms with Gasteiger partial charge in [-0.3, -0.25) is 0 Å². The van der Waals surface area contributed by atoms with Crippen molar-refractivity contribution in [2.75, 3.05) is 13.2 Å². The Morgan fingerprint density at radius 2 is 1.11 bits per heavy atom. The Balaban J connectivity index is 3.06. The Bertz CT molecular complexity index is 315. The molecule has 0 aliphatic heterocycles. The van der Waals surface area contributed by atoms with Crippen molar-refractivity contribution in [2.45, 2.75) is 122 Å². The number of unbranched alkanes of at least 4 members (excludes halogenated alkanes) is 15. The number of rotatable bonds is 22. The van der Waals surface area contributed by atoms with Crippen LogP contribution in [-0.2, 0) is 13.8 Å². The Kier molecular flexibility index (Phi) is 22.2. The van der Waals surface area contributed by atoms with E-state index in [1.165, 1.54) is 96.3 Å². The van der Waals surface area contributed by atoms with Gasteiger partial charge >= 0.3 is 8.25 Å². The van der Waals surface area contributed by atoms with E-state index in [0.717, 1.165) is 6.42 Å². The Morgan fingerprint density at radius 1 is 0.704 bits per heavy atom. The molecule has 162 valence electrons. The van der Waals surface area contributed by atoms with Crippen LogP contribution in [0.4, 0.5) is 0 Å². The Labute approximate surface area is 168 Å². The van der Waals surface area contributed by atoms with E-state index in [1.807, 2.05) is 0 Å². The number of hydrogen-bond donors (Lipinski definition) is 2. The molecule has 0 rings (SSSR count). The van der Waals surface area contributed by atoms with Crippen LogP contribution in [0.3, 0.4) is 0 Å². The molecule has 0 fully saturated rings. The molecule has 5 nitrogen and oxygen atoms in total. The van der Waals surface area contributed by atoms with E-state index in [9.17, 15) is 9.67 Å². The van der Waals surface area contributed by atoms with E-state index in [2.05, 4.69) is 11.4 Å². The van der Waals surface area contributed by atoms with Gasteiger partial charge in [0.2, 0.25) is 6.29 Å². The molecule has 0 aromatic carbocycles. The lowest BCUT2D eigenvalue weighted by molar-refractivity contribution is -0.0424. The second-order valence-corrected chi connectivity index (χ2v) is 8.19. The summed E-state index contributed by atoms with van der Waals surface area (Å²) in [6.45, 7) is 3.30. The molecule has 6 heteroatoms. The van der Waals surface area contributed by atoms with Gasteiger partial charge in [-0.15, -0.1) is 4.89 Å². The first-order valence-corrected chi connectivity index (χ1v) is 12.4. The van der Waals surface area contributed by atoms with Crippen molar-refractivity contribution < 1.29 is 23.8 Å². The predicted molar refractivity (Wildman–Crippen MR) is 112 cm³/mol. The molecule has 2 N–H and O–H groups in total. The van der Waals surface area contributed by atoms with E-state index in [-0.39, 0.29) is 6.42 Å². The third kappa shape index (κ3) is 23.9. The first kappa shape index (κ1) is 26.9. The number of aliphatic hydroxyl groups is 1. The van der Waals surface area contributed by atoms with E-state index >= 15 is 0 Å². The monoisotopic (exact) mass is 407 g/mol. The maximum Gasteiger partial charge on any atom is 0.697 e. The molecule has 27 heavy (non-hydrogen) atoms. The van der Waals surface area contributed by atoms with Gasteiger partial charge in [0.15, 0.2) is 0 Å². The summed E-state index contributed by atoms with van der Waals surface area (Å²) in [5, 5.41) is 9.22. The second-order valence-electron chi connectivity index (χ2n) is 7.50.